The van der Waals surface area contributed by atoms with Gasteiger partial charge in [0.1, 0.15) is 12.4 Å². The number of hydrogen-bond acceptors (Lipinski definition) is 2. The second kappa shape index (κ2) is 5.48. The first kappa shape index (κ1) is 12.3. The van der Waals surface area contributed by atoms with E-state index in [-0.39, 0.29) is 12.4 Å². The van der Waals surface area contributed by atoms with E-state index < -0.39 is 0 Å². The van der Waals surface area contributed by atoms with E-state index in [9.17, 15) is 4.39 Å². The Morgan fingerprint density at radius 3 is 2.89 bits per heavy atom. The van der Waals surface area contributed by atoms with Crippen LogP contribution in [0, 0.1) is 24.6 Å². The van der Waals surface area contributed by atoms with Gasteiger partial charge in [-0.2, -0.15) is 5.10 Å². The van der Waals surface area contributed by atoms with E-state index in [0.29, 0.717) is 12.1 Å². The van der Waals surface area contributed by atoms with E-state index in [1.165, 1.54) is 12.1 Å². The van der Waals surface area contributed by atoms with Gasteiger partial charge in [0, 0.05) is 11.8 Å². The molecule has 0 amide bonds. The quantitative estimate of drug-likeness (QED) is 0.817. The monoisotopic (exact) mass is 244 g/mol. The van der Waals surface area contributed by atoms with Crippen molar-refractivity contribution in [3.05, 3.63) is 53.1 Å². The first-order valence-corrected chi connectivity index (χ1v) is 5.55. The van der Waals surface area contributed by atoms with Gasteiger partial charge < -0.3 is 5.11 Å². The average molecular weight is 244 g/mol. The first-order chi connectivity index (χ1) is 8.67. The molecule has 0 fully saturated rings. The number of aromatic nitrogens is 2. The van der Waals surface area contributed by atoms with Gasteiger partial charge in [-0.05, 0) is 36.2 Å². The Morgan fingerprint density at radius 1 is 1.39 bits per heavy atom. The Kier molecular flexibility index (Phi) is 3.75. The number of rotatable bonds is 2. The molecule has 0 aliphatic rings. The van der Waals surface area contributed by atoms with Gasteiger partial charge in [-0.15, -0.1) is 0 Å². The summed E-state index contributed by atoms with van der Waals surface area (Å²) in [5.74, 6) is 4.87. The summed E-state index contributed by atoms with van der Waals surface area (Å²) in [6, 6.07) is 4.60. The Morgan fingerprint density at radius 2 is 2.22 bits per heavy atom. The molecule has 2 aromatic rings. The van der Waals surface area contributed by atoms with Gasteiger partial charge in [-0.3, -0.25) is 4.68 Å². The van der Waals surface area contributed by atoms with Crippen LogP contribution in [-0.4, -0.2) is 21.5 Å². The molecule has 0 aliphatic carbocycles. The van der Waals surface area contributed by atoms with Gasteiger partial charge in [-0.25, -0.2) is 4.39 Å². The molecule has 1 heterocycles. The first-order valence-electron chi connectivity index (χ1n) is 5.55. The Hall–Kier alpha value is -2.12. The summed E-state index contributed by atoms with van der Waals surface area (Å²) in [6.07, 6.45) is 3.65. The van der Waals surface area contributed by atoms with Gasteiger partial charge in [0.25, 0.3) is 0 Å². The maximum absolute atomic E-state index is 13.4. The van der Waals surface area contributed by atoms with Crippen LogP contribution in [0.1, 0.15) is 16.7 Å². The lowest BCUT2D eigenvalue weighted by atomic mass is 10.1. The smallest absolute Gasteiger partial charge is 0.124 e. The fraction of sp³-hybridized carbons (Fsp3) is 0.214. The molecule has 4 heteroatoms. The summed E-state index contributed by atoms with van der Waals surface area (Å²) in [5, 5.41) is 12.8. The second-order valence-electron chi connectivity index (χ2n) is 4.02. The van der Waals surface area contributed by atoms with Crippen molar-refractivity contribution in [2.24, 2.45) is 0 Å². The van der Waals surface area contributed by atoms with Crippen molar-refractivity contribution in [1.82, 2.24) is 9.78 Å². The Balaban J connectivity index is 2.25. The Bertz CT molecular complexity index is 608. The molecule has 3 nitrogen and oxygen atoms in total. The summed E-state index contributed by atoms with van der Waals surface area (Å²) in [6.45, 7) is 2.22. The van der Waals surface area contributed by atoms with Crippen LogP contribution >= 0.6 is 0 Å². The zero-order valence-corrected chi connectivity index (χ0v) is 10.0. The zero-order valence-electron chi connectivity index (χ0n) is 10.0. The highest BCUT2D eigenvalue weighted by Crippen LogP contribution is 2.10. The number of aryl methyl sites for hydroxylation is 1. The van der Waals surface area contributed by atoms with E-state index in [4.69, 9.17) is 5.11 Å². The molecular weight excluding hydrogens is 231 g/mol. The van der Waals surface area contributed by atoms with Gasteiger partial charge in [-0.1, -0.05) is 11.8 Å². The van der Waals surface area contributed by atoms with Gasteiger partial charge in [0.2, 0.25) is 0 Å². The van der Waals surface area contributed by atoms with Crippen LogP contribution in [-0.2, 0) is 6.54 Å². The molecule has 0 aliphatic heterocycles. The summed E-state index contributed by atoms with van der Waals surface area (Å²) >= 11 is 0. The predicted octanol–water partition coefficient (Wildman–Crippen LogP) is 1.72. The predicted molar refractivity (Wildman–Crippen MR) is 66.4 cm³/mol. The van der Waals surface area contributed by atoms with Gasteiger partial charge in [0.15, 0.2) is 0 Å². The minimum atomic E-state index is -0.335. The molecular formula is C14H13FN2O. The van der Waals surface area contributed by atoms with Crippen LogP contribution in [0.4, 0.5) is 4.39 Å². The van der Waals surface area contributed by atoms with Crippen molar-refractivity contribution in [2.75, 3.05) is 6.61 Å². The zero-order chi connectivity index (χ0) is 13.0. The van der Waals surface area contributed by atoms with Crippen molar-refractivity contribution in [1.29, 1.82) is 0 Å². The molecule has 0 unspecified atom stereocenters. The molecule has 92 valence electrons. The molecule has 0 spiro atoms. The highest BCUT2D eigenvalue weighted by molar-refractivity contribution is 5.37. The summed E-state index contributed by atoms with van der Waals surface area (Å²) in [7, 11) is 0. The molecule has 2 rings (SSSR count). The van der Waals surface area contributed by atoms with Crippen molar-refractivity contribution < 1.29 is 9.50 Å². The van der Waals surface area contributed by atoms with Gasteiger partial charge in [0.05, 0.1) is 12.7 Å². The number of hydrogen-bond donors (Lipinski definition) is 1. The minimum absolute atomic E-state index is 0.232. The molecule has 0 atom stereocenters. The van der Waals surface area contributed by atoms with Gasteiger partial charge >= 0.3 is 0 Å². The molecule has 0 radical (unpaired) electrons. The highest BCUT2D eigenvalue weighted by Gasteiger charge is 2.01. The van der Waals surface area contributed by atoms with E-state index in [0.717, 1.165) is 11.1 Å². The number of benzene rings is 1. The summed E-state index contributed by atoms with van der Waals surface area (Å²) in [5.41, 5.74) is 2.41. The van der Waals surface area contributed by atoms with Crippen molar-refractivity contribution in [3.63, 3.8) is 0 Å². The molecule has 1 N–H and O–H groups in total. The molecule has 1 aromatic heterocycles. The van der Waals surface area contributed by atoms with Crippen LogP contribution in [0.3, 0.4) is 0 Å². The normalized spacial score (nSPS) is 9.94. The number of halogens is 1. The second-order valence-corrected chi connectivity index (χ2v) is 4.02. The van der Waals surface area contributed by atoms with E-state index >= 15 is 0 Å². The minimum Gasteiger partial charge on any atom is -0.384 e. The van der Waals surface area contributed by atoms with Crippen molar-refractivity contribution in [2.45, 2.75) is 13.5 Å². The molecule has 0 bridgehead atoms. The maximum atomic E-state index is 13.4. The van der Waals surface area contributed by atoms with E-state index in [1.807, 2.05) is 13.1 Å². The lowest BCUT2D eigenvalue weighted by molar-refractivity contribution is 0.350. The van der Waals surface area contributed by atoms with Crippen molar-refractivity contribution in [3.8, 4) is 11.8 Å². The van der Waals surface area contributed by atoms with Crippen molar-refractivity contribution >= 4 is 0 Å². The molecule has 18 heavy (non-hydrogen) atoms. The Labute approximate surface area is 105 Å². The fourth-order valence-corrected chi connectivity index (χ4v) is 1.70. The third-order valence-corrected chi connectivity index (χ3v) is 2.38. The number of nitrogens with zero attached hydrogens (tertiary/aromatic N) is 2. The van der Waals surface area contributed by atoms with Crippen LogP contribution in [0.2, 0.25) is 0 Å². The van der Waals surface area contributed by atoms with E-state index in [1.54, 1.807) is 16.9 Å². The topological polar surface area (TPSA) is 38.0 Å². The molecule has 0 saturated heterocycles. The lowest BCUT2D eigenvalue weighted by Gasteiger charge is -2.03. The maximum Gasteiger partial charge on any atom is 0.124 e. The number of aliphatic hydroxyl groups excluding tert-OH is 1. The fourth-order valence-electron chi connectivity index (χ4n) is 1.70. The SMILES string of the molecule is Cc1cnn(Cc2cc(F)cc(C#CCO)c2)c1. The summed E-state index contributed by atoms with van der Waals surface area (Å²) < 4.78 is 15.1. The standard InChI is InChI=1S/C14H13FN2O/c1-11-8-16-17(9-11)10-13-5-12(3-2-4-18)6-14(15)7-13/h5-9,18H,4,10H2,1H3. The third-order valence-electron chi connectivity index (χ3n) is 2.38. The average Bonchev–Trinajstić information content (AvgIpc) is 2.71. The van der Waals surface area contributed by atoms with Crippen LogP contribution in [0.25, 0.3) is 0 Å². The van der Waals surface area contributed by atoms with Crippen LogP contribution in [0.15, 0.2) is 30.6 Å². The number of aliphatic hydroxyl groups is 1. The largest absolute Gasteiger partial charge is 0.384 e. The van der Waals surface area contributed by atoms with E-state index in [2.05, 4.69) is 16.9 Å². The molecule has 0 saturated carbocycles. The van der Waals surface area contributed by atoms with Crippen LogP contribution < -0.4 is 0 Å². The summed E-state index contributed by atoms with van der Waals surface area (Å²) in [4.78, 5) is 0. The molecule has 1 aromatic carbocycles. The van der Waals surface area contributed by atoms with Crippen LogP contribution in [0.5, 0.6) is 0 Å². The lowest BCUT2D eigenvalue weighted by Crippen LogP contribution is -2.00. The third kappa shape index (κ3) is 3.19. The highest BCUT2D eigenvalue weighted by atomic mass is 19.1.